The summed E-state index contributed by atoms with van der Waals surface area (Å²) in [5, 5.41) is 10.1. The monoisotopic (exact) mass is 422 g/mol. The molecule has 1 aliphatic heterocycles. The van der Waals surface area contributed by atoms with Crippen molar-refractivity contribution < 1.29 is 14.0 Å². The normalized spacial score (nSPS) is 15.8. The Bertz CT molecular complexity index is 1070. The highest BCUT2D eigenvalue weighted by atomic mass is 35.5. The fourth-order valence-corrected chi connectivity index (χ4v) is 3.59. The van der Waals surface area contributed by atoms with Crippen LogP contribution in [0.15, 0.2) is 57.5 Å². The molecule has 0 saturated carbocycles. The molecule has 0 aliphatic carbocycles. The van der Waals surface area contributed by atoms with E-state index < -0.39 is 11.8 Å². The van der Waals surface area contributed by atoms with Gasteiger partial charge in [0.05, 0.1) is 0 Å². The average molecular weight is 423 g/mol. The molecule has 154 valence electrons. The van der Waals surface area contributed by atoms with E-state index in [0.717, 1.165) is 31.2 Å². The number of hydrogen-bond donors (Lipinski definition) is 0. The van der Waals surface area contributed by atoms with Crippen LogP contribution in [0.1, 0.15) is 45.3 Å². The van der Waals surface area contributed by atoms with Crippen molar-refractivity contribution in [1.29, 1.82) is 5.26 Å². The van der Waals surface area contributed by atoms with E-state index >= 15 is 0 Å². The number of amides is 2. The van der Waals surface area contributed by atoms with E-state index in [2.05, 4.69) is 6.92 Å². The van der Waals surface area contributed by atoms with Crippen LogP contribution in [0.4, 0.5) is 0 Å². The van der Waals surface area contributed by atoms with Gasteiger partial charge in [-0.2, -0.15) is 5.26 Å². The van der Waals surface area contributed by atoms with Gasteiger partial charge in [0.2, 0.25) is 0 Å². The summed E-state index contributed by atoms with van der Waals surface area (Å²) in [6.45, 7) is 4.02. The lowest BCUT2D eigenvalue weighted by Crippen LogP contribution is -2.43. The summed E-state index contributed by atoms with van der Waals surface area (Å²) >= 11 is 6.05. The van der Waals surface area contributed by atoms with Gasteiger partial charge in [-0.3, -0.25) is 14.5 Å². The zero-order valence-corrected chi connectivity index (χ0v) is 17.8. The molecular formula is C24H23ClN2O3. The molecule has 6 heteroatoms. The van der Waals surface area contributed by atoms with Crippen molar-refractivity contribution in [1.82, 2.24) is 4.90 Å². The molecule has 0 unspecified atom stereocenters. The van der Waals surface area contributed by atoms with Gasteiger partial charge < -0.3 is 4.42 Å². The SMILES string of the molecule is CCCCCCN1C(=O)C(C#N)=C(C)/C(=C\c2ccc(-c3cccc(Cl)c3)o2)C1=O. The topological polar surface area (TPSA) is 74.3 Å². The molecular weight excluding hydrogens is 400 g/mol. The number of carbonyl (C=O) groups is 2. The van der Waals surface area contributed by atoms with Crippen LogP contribution < -0.4 is 0 Å². The van der Waals surface area contributed by atoms with E-state index in [1.807, 2.05) is 18.2 Å². The molecule has 2 amide bonds. The number of furan rings is 1. The Labute approximate surface area is 181 Å². The lowest BCUT2D eigenvalue weighted by molar-refractivity contribution is -0.140. The number of hydrogen-bond acceptors (Lipinski definition) is 4. The molecule has 30 heavy (non-hydrogen) atoms. The van der Waals surface area contributed by atoms with Crippen molar-refractivity contribution >= 4 is 29.5 Å². The Hall–Kier alpha value is -3.10. The van der Waals surface area contributed by atoms with E-state index in [9.17, 15) is 14.9 Å². The van der Waals surface area contributed by atoms with Crippen molar-refractivity contribution in [3.05, 3.63) is 63.9 Å². The Morgan fingerprint density at radius 3 is 2.63 bits per heavy atom. The molecule has 0 bridgehead atoms. The zero-order valence-electron chi connectivity index (χ0n) is 17.1. The van der Waals surface area contributed by atoms with Crippen LogP contribution in [0.2, 0.25) is 5.02 Å². The van der Waals surface area contributed by atoms with Gasteiger partial charge in [0.1, 0.15) is 23.2 Å². The number of rotatable bonds is 7. The minimum absolute atomic E-state index is 0.00189. The Balaban J connectivity index is 1.92. The molecule has 0 N–H and O–H groups in total. The minimum Gasteiger partial charge on any atom is -0.457 e. The van der Waals surface area contributed by atoms with Gasteiger partial charge in [0.25, 0.3) is 11.8 Å². The zero-order chi connectivity index (χ0) is 21.7. The molecule has 2 heterocycles. The number of unbranched alkanes of at least 4 members (excludes halogenated alkanes) is 3. The second-order valence-electron chi connectivity index (χ2n) is 7.20. The van der Waals surface area contributed by atoms with Gasteiger partial charge in [-0.25, -0.2) is 0 Å². The summed E-state index contributed by atoms with van der Waals surface area (Å²) in [7, 11) is 0. The summed E-state index contributed by atoms with van der Waals surface area (Å²) in [5.41, 5.74) is 1.49. The molecule has 1 aromatic heterocycles. The lowest BCUT2D eigenvalue weighted by Gasteiger charge is -2.27. The Kier molecular flexibility index (Phi) is 6.91. The van der Waals surface area contributed by atoms with Crippen molar-refractivity contribution in [3.8, 4) is 17.4 Å². The fourth-order valence-electron chi connectivity index (χ4n) is 3.40. The van der Waals surface area contributed by atoms with E-state index in [1.165, 1.54) is 4.90 Å². The third kappa shape index (κ3) is 4.55. The molecule has 0 saturated heterocycles. The number of benzene rings is 1. The Morgan fingerprint density at radius 1 is 1.13 bits per heavy atom. The van der Waals surface area contributed by atoms with Gasteiger partial charge in [0, 0.05) is 22.7 Å². The molecule has 2 aromatic rings. The molecule has 5 nitrogen and oxygen atoms in total. The van der Waals surface area contributed by atoms with Gasteiger partial charge in [-0.05, 0) is 49.3 Å². The van der Waals surface area contributed by atoms with Gasteiger partial charge >= 0.3 is 0 Å². The van der Waals surface area contributed by atoms with Crippen LogP contribution >= 0.6 is 11.6 Å². The van der Waals surface area contributed by atoms with Crippen LogP contribution in [0.3, 0.4) is 0 Å². The predicted octanol–water partition coefficient (Wildman–Crippen LogP) is 5.77. The number of nitrogens with zero attached hydrogens (tertiary/aromatic N) is 2. The van der Waals surface area contributed by atoms with E-state index in [0.29, 0.717) is 34.2 Å². The summed E-state index contributed by atoms with van der Waals surface area (Å²) in [6, 6.07) is 12.8. The van der Waals surface area contributed by atoms with Crippen molar-refractivity contribution in [3.63, 3.8) is 0 Å². The summed E-state index contributed by atoms with van der Waals surface area (Å²) < 4.78 is 5.87. The summed E-state index contributed by atoms with van der Waals surface area (Å²) in [5.74, 6) is 0.161. The molecule has 0 fully saturated rings. The van der Waals surface area contributed by atoms with Gasteiger partial charge in [0.15, 0.2) is 0 Å². The van der Waals surface area contributed by atoms with Crippen LogP contribution in [-0.2, 0) is 9.59 Å². The second-order valence-corrected chi connectivity index (χ2v) is 7.64. The minimum atomic E-state index is -0.521. The smallest absolute Gasteiger partial charge is 0.271 e. The number of carbonyl (C=O) groups excluding carboxylic acids is 2. The first kappa shape index (κ1) is 21.6. The molecule has 0 radical (unpaired) electrons. The molecule has 0 atom stereocenters. The average Bonchev–Trinajstić information content (AvgIpc) is 3.20. The van der Waals surface area contributed by atoms with Crippen molar-refractivity contribution in [2.24, 2.45) is 0 Å². The van der Waals surface area contributed by atoms with Crippen molar-refractivity contribution in [2.75, 3.05) is 6.54 Å². The maximum atomic E-state index is 13.0. The fraction of sp³-hybridized carbons (Fsp3) is 0.292. The molecule has 1 aromatic carbocycles. The number of nitriles is 1. The quantitative estimate of drug-likeness (QED) is 0.322. The first-order chi connectivity index (χ1) is 14.5. The summed E-state index contributed by atoms with van der Waals surface area (Å²) in [6.07, 6.45) is 5.34. The van der Waals surface area contributed by atoms with Gasteiger partial charge in [-0.15, -0.1) is 0 Å². The van der Waals surface area contributed by atoms with Crippen molar-refractivity contribution in [2.45, 2.75) is 39.5 Å². The number of imide groups is 1. The van der Waals surface area contributed by atoms with E-state index in [1.54, 1.807) is 37.3 Å². The van der Waals surface area contributed by atoms with Crippen LogP contribution in [0.5, 0.6) is 0 Å². The highest BCUT2D eigenvalue weighted by molar-refractivity contribution is 6.30. The van der Waals surface area contributed by atoms with Crippen LogP contribution in [-0.4, -0.2) is 23.3 Å². The van der Waals surface area contributed by atoms with Gasteiger partial charge in [-0.1, -0.05) is 49.9 Å². The molecule has 1 aliphatic rings. The lowest BCUT2D eigenvalue weighted by atomic mass is 9.94. The predicted molar refractivity (Wildman–Crippen MR) is 116 cm³/mol. The highest BCUT2D eigenvalue weighted by Crippen LogP contribution is 2.30. The number of halogens is 1. The Morgan fingerprint density at radius 2 is 1.93 bits per heavy atom. The van der Waals surface area contributed by atoms with Crippen LogP contribution in [0, 0.1) is 11.3 Å². The van der Waals surface area contributed by atoms with Crippen LogP contribution in [0.25, 0.3) is 17.4 Å². The van der Waals surface area contributed by atoms with E-state index in [-0.39, 0.29) is 5.57 Å². The standard InChI is InChI=1S/C24H23ClN2O3/c1-3-4-5-6-12-27-23(28)20(16(2)21(15-26)24(27)29)14-19-10-11-22(30-19)17-8-7-9-18(25)13-17/h7-11,13-14H,3-6,12H2,1-2H3/b20-14+. The first-order valence-corrected chi connectivity index (χ1v) is 10.4. The van der Waals surface area contributed by atoms with E-state index in [4.69, 9.17) is 16.0 Å². The maximum absolute atomic E-state index is 13.0. The first-order valence-electron chi connectivity index (χ1n) is 10.0. The largest absolute Gasteiger partial charge is 0.457 e. The molecule has 0 spiro atoms. The summed E-state index contributed by atoms with van der Waals surface area (Å²) in [4.78, 5) is 26.8. The molecule has 3 rings (SSSR count). The second kappa shape index (κ2) is 9.60. The highest BCUT2D eigenvalue weighted by Gasteiger charge is 2.35. The maximum Gasteiger partial charge on any atom is 0.271 e. The third-order valence-electron chi connectivity index (χ3n) is 5.08. The third-order valence-corrected chi connectivity index (χ3v) is 5.32.